The van der Waals surface area contributed by atoms with Crippen molar-refractivity contribution in [3.8, 4) is 6.07 Å². The van der Waals surface area contributed by atoms with Gasteiger partial charge in [0.25, 0.3) is 0 Å². The third-order valence-corrected chi connectivity index (χ3v) is 2.30. The molecular formula is C12H10FN3O. The van der Waals surface area contributed by atoms with Gasteiger partial charge in [-0.25, -0.2) is 9.37 Å². The summed E-state index contributed by atoms with van der Waals surface area (Å²) in [5.41, 5.74) is 1.54. The van der Waals surface area contributed by atoms with Crippen LogP contribution in [0.5, 0.6) is 0 Å². The van der Waals surface area contributed by atoms with Crippen LogP contribution >= 0.6 is 0 Å². The van der Waals surface area contributed by atoms with Crippen LogP contribution < -0.4 is 0 Å². The van der Waals surface area contributed by atoms with Gasteiger partial charge in [-0.2, -0.15) is 5.26 Å². The summed E-state index contributed by atoms with van der Waals surface area (Å²) in [6.45, 7) is 0.291. The molecule has 2 aromatic rings. The highest BCUT2D eigenvalue weighted by molar-refractivity contribution is 5.33. The highest BCUT2D eigenvalue weighted by atomic mass is 19.1. The molecule has 86 valence electrons. The number of nitriles is 1. The van der Waals surface area contributed by atoms with Crippen LogP contribution in [0, 0.1) is 17.1 Å². The van der Waals surface area contributed by atoms with Crippen LogP contribution in [-0.4, -0.2) is 14.7 Å². The minimum atomic E-state index is -0.429. The van der Waals surface area contributed by atoms with Crippen molar-refractivity contribution >= 4 is 0 Å². The smallest absolute Gasteiger partial charge is 0.124 e. The van der Waals surface area contributed by atoms with Gasteiger partial charge in [-0.1, -0.05) is 0 Å². The molecule has 0 unspecified atom stereocenters. The van der Waals surface area contributed by atoms with Gasteiger partial charge in [-0.15, -0.1) is 0 Å². The molecule has 0 fully saturated rings. The molecule has 0 bridgehead atoms. The van der Waals surface area contributed by atoms with Crippen molar-refractivity contribution in [2.75, 3.05) is 0 Å². The monoisotopic (exact) mass is 231 g/mol. The third kappa shape index (κ3) is 2.68. The van der Waals surface area contributed by atoms with E-state index in [0.717, 1.165) is 0 Å². The van der Waals surface area contributed by atoms with E-state index in [1.54, 1.807) is 23.2 Å². The Hall–Kier alpha value is -2.19. The lowest BCUT2D eigenvalue weighted by atomic mass is 10.1. The molecule has 0 atom stereocenters. The molecule has 0 saturated heterocycles. The molecule has 5 heteroatoms. The Morgan fingerprint density at radius 3 is 2.88 bits per heavy atom. The fraction of sp³-hybridized carbons (Fsp3) is 0.167. The lowest BCUT2D eigenvalue weighted by molar-refractivity contribution is 0.277. The zero-order valence-corrected chi connectivity index (χ0v) is 8.97. The van der Waals surface area contributed by atoms with Gasteiger partial charge in [-0.05, 0) is 23.8 Å². The van der Waals surface area contributed by atoms with E-state index in [2.05, 4.69) is 4.98 Å². The van der Waals surface area contributed by atoms with Crippen molar-refractivity contribution in [1.82, 2.24) is 9.55 Å². The summed E-state index contributed by atoms with van der Waals surface area (Å²) in [5, 5.41) is 17.6. The number of hydrogen-bond donors (Lipinski definition) is 1. The van der Waals surface area contributed by atoms with E-state index in [-0.39, 0.29) is 6.61 Å². The molecule has 1 aromatic carbocycles. The van der Waals surface area contributed by atoms with Gasteiger partial charge in [0.15, 0.2) is 0 Å². The Morgan fingerprint density at radius 1 is 1.41 bits per heavy atom. The minimum absolute atomic E-state index is 0.125. The van der Waals surface area contributed by atoms with Gasteiger partial charge in [0.2, 0.25) is 0 Å². The van der Waals surface area contributed by atoms with Gasteiger partial charge in [0.05, 0.1) is 30.3 Å². The number of nitrogens with zero attached hydrogens (tertiary/aromatic N) is 3. The fourth-order valence-electron chi connectivity index (χ4n) is 1.59. The molecule has 2 rings (SSSR count). The average Bonchev–Trinajstić information content (AvgIpc) is 2.76. The molecule has 1 heterocycles. The first kappa shape index (κ1) is 11.3. The minimum Gasteiger partial charge on any atom is -0.390 e. The van der Waals surface area contributed by atoms with Crippen LogP contribution in [0.2, 0.25) is 0 Å². The molecular weight excluding hydrogens is 221 g/mol. The first-order valence-electron chi connectivity index (χ1n) is 5.02. The first-order chi connectivity index (χ1) is 8.21. The van der Waals surface area contributed by atoms with E-state index in [9.17, 15) is 4.39 Å². The number of hydrogen-bond acceptors (Lipinski definition) is 3. The van der Waals surface area contributed by atoms with Crippen molar-refractivity contribution in [1.29, 1.82) is 5.26 Å². The predicted octanol–water partition coefficient (Wildman–Crippen LogP) is 1.43. The molecule has 0 amide bonds. The van der Waals surface area contributed by atoms with Crippen molar-refractivity contribution in [3.63, 3.8) is 0 Å². The van der Waals surface area contributed by atoms with E-state index >= 15 is 0 Å². The van der Waals surface area contributed by atoms with Gasteiger partial charge in [-0.3, -0.25) is 0 Å². The summed E-state index contributed by atoms with van der Waals surface area (Å²) in [6.07, 6.45) is 3.24. The second kappa shape index (κ2) is 4.76. The van der Waals surface area contributed by atoms with Gasteiger partial charge >= 0.3 is 0 Å². The maximum absolute atomic E-state index is 13.2. The third-order valence-electron chi connectivity index (χ3n) is 2.30. The summed E-state index contributed by atoms with van der Waals surface area (Å²) >= 11 is 0. The van der Waals surface area contributed by atoms with Crippen molar-refractivity contribution < 1.29 is 9.50 Å². The average molecular weight is 231 g/mol. The number of aliphatic hydroxyl groups excluding tert-OH is 1. The number of aliphatic hydroxyl groups is 1. The maximum Gasteiger partial charge on any atom is 0.124 e. The number of aromatic nitrogens is 2. The molecule has 0 saturated carbocycles. The highest BCUT2D eigenvalue weighted by Gasteiger charge is 2.02. The highest BCUT2D eigenvalue weighted by Crippen LogP contribution is 2.10. The Morgan fingerprint density at radius 2 is 2.24 bits per heavy atom. The zero-order valence-electron chi connectivity index (χ0n) is 8.97. The summed E-state index contributed by atoms with van der Waals surface area (Å²) in [4.78, 5) is 3.95. The maximum atomic E-state index is 13.2. The predicted molar refractivity (Wildman–Crippen MR) is 58.4 cm³/mol. The number of benzene rings is 1. The summed E-state index contributed by atoms with van der Waals surface area (Å²) in [7, 11) is 0. The van der Waals surface area contributed by atoms with Gasteiger partial charge in [0.1, 0.15) is 5.82 Å². The zero-order chi connectivity index (χ0) is 12.3. The summed E-state index contributed by atoms with van der Waals surface area (Å²) < 4.78 is 14.9. The molecule has 4 nitrogen and oxygen atoms in total. The second-order valence-electron chi connectivity index (χ2n) is 3.66. The summed E-state index contributed by atoms with van der Waals surface area (Å²) in [5.74, 6) is -0.429. The standard InChI is InChI=1S/C12H10FN3O/c13-11-2-9(4-14)1-10(3-11)5-16-6-12(7-17)15-8-16/h1-3,6,8,17H,5,7H2. The van der Waals surface area contributed by atoms with Gasteiger partial charge in [0, 0.05) is 12.7 Å². The number of imidazole rings is 1. The van der Waals surface area contributed by atoms with Crippen LogP contribution in [0.15, 0.2) is 30.7 Å². The molecule has 1 aromatic heterocycles. The van der Waals surface area contributed by atoms with E-state index < -0.39 is 5.82 Å². The van der Waals surface area contributed by atoms with Crippen molar-refractivity contribution in [2.45, 2.75) is 13.2 Å². The molecule has 1 N–H and O–H groups in total. The Bertz CT molecular complexity index is 571. The molecule has 17 heavy (non-hydrogen) atoms. The number of rotatable bonds is 3. The Labute approximate surface area is 97.6 Å². The Kier molecular flexibility index (Phi) is 3.17. The van der Waals surface area contributed by atoms with E-state index in [1.165, 1.54) is 12.1 Å². The van der Waals surface area contributed by atoms with Crippen LogP contribution in [0.3, 0.4) is 0 Å². The second-order valence-corrected chi connectivity index (χ2v) is 3.66. The lowest BCUT2D eigenvalue weighted by Gasteiger charge is -2.03. The topological polar surface area (TPSA) is 61.8 Å². The quantitative estimate of drug-likeness (QED) is 0.869. The van der Waals surface area contributed by atoms with Crippen LogP contribution in [0.1, 0.15) is 16.8 Å². The van der Waals surface area contributed by atoms with Crippen LogP contribution in [-0.2, 0) is 13.2 Å². The molecule has 0 aliphatic rings. The fourth-order valence-corrected chi connectivity index (χ4v) is 1.59. The van der Waals surface area contributed by atoms with E-state index in [4.69, 9.17) is 10.4 Å². The number of halogens is 1. The summed E-state index contributed by atoms with van der Waals surface area (Å²) in [6, 6.07) is 6.10. The first-order valence-corrected chi connectivity index (χ1v) is 5.02. The lowest BCUT2D eigenvalue weighted by Crippen LogP contribution is -1.98. The van der Waals surface area contributed by atoms with Crippen LogP contribution in [0.4, 0.5) is 4.39 Å². The van der Waals surface area contributed by atoms with Crippen molar-refractivity contribution in [2.24, 2.45) is 0 Å². The molecule has 0 aliphatic carbocycles. The van der Waals surface area contributed by atoms with Crippen molar-refractivity contribution in [3.05, 3.63) is 53.4 Å². The molecule has 0 aliphatic heterocycles. The largest absolute Gasteiger partial charge is 0.390 e. The van der Waals surface area contributed by atoms with Gasteiger partial charge < -0.3 is 9.67 Å². The molecule has 0 radical (unpaired) electrons. The van der Waals surface area contributed by atoms with E-state index in [0.29, 0.717) is 23.4 Å². The Balaban J connectivity index is 2.24. The van der Waals surface area contributed by atoms with E-state index in [1.807, 2.05) is 6.07 Å². The molecule has 0 spiro atoms. The SMILES string of the molecule is N#Cc1cc(F)cc(Cn2cnc(CO)c2)c1. The normalized spacial score (nSPS) is 10.2. The van der Waals surface area contributed by atoms with Crippen LogP contribution in [0.25, 0.3) is 0 Å².